The van der Waals surface area contributed by atoms with E-state index in [1.165, 1.54) is 0 Å². The number of carbonyl (C=O) groups excluding carboxylic acids is 2. The van der Waals surface area contributed by atoms with Crippen LogP contribution >= 0.6 is 0 Å². The molecule has 1 N–H and O–H groups in total. The van der Waals surface area contributed by atoms with Crippen molar-refractivity contribution in [2.24, 2.45) is 11.8 Å². The monoisotopic (exact) mass is 282 g/mol. The van der Waals surface area contributed by atoms with Gasteiger partial charge in [0.1, 0.15) is 0 Å². The molecule has 6 nitrogen and oxygen atoms in total. The van der Waals surface area contributed by atoms with Gasteiger partial charge in [0.05, 0.1) is 12.5 Å². The molecule has 0 spiro atoms. The molecule has 2 atom stereocenters. The van der Waals surface area contributed by atoms with Crippen molar-refractivity contribution in [1.29, 1.82) is 0 Å². The van der Waals surface area contributed by atoms with Crippen LogP contribution in [0.4, 0.5) is 0 Å². The Balaban J connectivity index is 1.92. The third-order valence-electron chi connectivity index (χ3n) is 4.28. The van der Waals surface area contributed by atoms with E-state index in [1.54, 1.807) is 9.80 Å². The number of hydrogen-bond donors (Lipinski definition) is 1. The Morgan fingerprint density at radius 3 is 2.65 bits per heavy atom. The second-order valence-electron chi connectivity index (χ2n) is 5.85. The van der Waals surface area contributed by atoms with Gasteiger partial charge in [-0.25, -0.2) is 0 Å². The van der Waals surface area contributed by atoms with Gasteiger partial charge in [-0.05, 0) is 18.8 Å². The highest BCUT2D eigenvalue weighted by Crippen LogP contribution is 2.23. The molecule has 0 aliphatic carbocycles. The molecule has 2 aliphatic rings. The molecule has 2 unspecified atom stereocenters. The minimum atomic E-state index is -0.848. The highest BCUT2D eigenvalue weighted by atomic mass is 16.4. The first-order valence-electron chi connectivity index (χ1n) is 7.27. The first-order chi connectivity index (χ1) is 9.49. The summed E-state index contributed by atoms with van der Waals surface area (Å²) < 4.78 is 0. The Kier molecular flexibility index (Phi) is 4.62. The number of carboxylic acid groups (broad SMARTS) is 1. The lowest BCUT2D eigenvalue weighted by Gasteiger charge is -2.23. The van der Waals surface area contributed by atoms with Crippen molar-refractivity contribution in [3.63, 3.8) is 0 Å². The quantitative estimate of drug-likeness (QED) is 0.821. The van der Waals surface area contributed by atoms with Crippen LogP contribution in [0.2, 0.25) is 0 Å². The normalized spacial score (nSPS) is 27.6. The number of carbonyl (C=O) groups is 3. The maximum Gasteiger partial charge on any atom is 0.308 e. The summed E-state index contributed by atoms with van der Waals surface area (Å²) in [5.74, 6) is -1.46. The van der Waals surface area contributed by atoms with Crippen LogP contribution in [0.5, 0.6) is 0 Å². The smallest absolute Gasteiger partial charge is 0.308 e. The molecule has 0 aromatic carbocycles. The molecule has 20 heavy (non-hydrogen) atoms. The van der Waals surface area contributed by atoms with E-state index in [9.17, 15) is 14.4 Å². The van der Waals surface area contributed by atoms with Gasteiger partial charge in [0, 0.05) is 26.1 Å². The lowest BCUT2D eigenvalue weighted by molar-refractivity contribution is -0.143. The molecule has 0 bridgehead atoms. The first kappa shape index (κ1) is 14.8. The van der Waals surface area contributed by atoms with Crippen molar-refractivity contribution in [2.75, 3.05) is 26.2 Å². The molecular weight excluding hydrogens is 260 g/mol. The molecule has 0 radical (unpaired) electrons. The van der Waals surface area contributed by atoms with E-state index in [0.717, 1.165) is 19.3 Å². The molecule has 2 rings (SSSR count). The fourth-order valence-corrected chi connectivity index (χ4v) is 2.96. The number of nitrogens with zero attached hydrogens (tertiary/aromatic N) is 2. The van der Waals surface area contributed by atoms with Gasteiger partial charge < -0.3 is 14.9 Å². The summed E-state index contributed by atoms with van der Waals surface area (Å²) in [6, 6.07) is 0. The Morgan fingerprint density at radius 2 is 2.00 bits per heavy atom. The summed E-state index contributed by atoms with van der Waals surface area (Å²) in [6.45, 7) is 3.31. The number of likely N-dealkylation sites (tertiary alicyclic amines) is 2. The van der Waals surface area contributed by atoms with Crippen LogP contribution in [0.25, 0.3) is 0 Å². The Bertz CT molecular complexity index is 410. The van der Waals surface area contributed by atoms with E-state index in [2.05, 4.69) is 0 Å². The second kappa shape index (κ2) is 6.24. The largest absolute Gasteiger partial charge is 0.481 e. The van der Waals surface area contributed by atoms with Crippen molar-refractivity contribution in [3.05, 3.63) is 0 Å². The van der Waals surface area contributed by atoms with Gasteiger partial charge in [0.25, 0.3) is 0 Å². The lowest BCUT2D eigenvalue weighted by Crippen LogP contribution is -2.42. The molecular formula is C14H22N2O4. The van der Waals surface area contributed by atoms with Crippen LogP contribution in [0, 0.1) is 11.8 Å². The topological polar surface area (TPSA) is 77.9 Å². The average Bonchev–Trinajstić information content (AvgIpc) is 2.68. The standard InChI is InChI=1S/C14H22N2O4/c1-10-7-16(8-11(10)14(19)20)13(18)9-15-6-4-2-3-5-12(15)17/h10-11H,2-9H2,1H3,(H,19,20). The molecule has 0 saturated carbocycles. The van der Waals surface area contributed by atoms with Gasteiger partial charge in [-0.2, -0.15) is 0 Å². The van der Waals surface area contributed by atoms with Crippen LogP contribution in [-0.4, -0.2) is 58.9 Å². The van der Waals surface area contributed by atoms with Crippen LogP contribution in [0.15, 0.2) is 0 Å². The zero-order valence-corrected chi connectivity index (χ0v) is 11.9. The van der Waals surface area contributed by atoms with E-state index >= 15 is 0 Å². The van der Waals surface area contributed by atoms with E-state index in [-0.39, 0.29) is 30.8 Å². The highest BCUT2D eigenvalue weighted by Gasteiger charge is 2.37. The maximum absolute atomic E-state index is 12.2. The van der Waals surface area contributed by atoms with Crippen LogP contribution in [0.1, 0.15) is 32.6 Å². The minimum absolute atomic E-state index is 0.0312. The predicted molar refractivity (Wildman–Crippen MR) is 71.9 cm³/mol. The average molecular weight is 282 g/mol. The summed E-state index contributed by atoms with van der Waals surface area (Å²) in [7, 11) is 0. The SMILES string of the molecule is CC1CN(C(=O)CN2CCCCCC2=O)CC1C(=O)O. The number of rotatable bonds is 3. The summed E-state index contributed by atoms with van der Waals surface area (Å²) in [5.41, 5.74) is 0. The third-order valence-corrected chi connectivity index (χ3v) is 4.28. The third kappa shape index (κ3) is 3.29. The summed E-state index contributed by atoms with van der Waals surface area (Å²) in [4.78, 5) is 38.4. The zero-order chi connectivity index (χ0) is 14.7. The van der Waals surface area contributed by atoms with Gasteiger partial charge in [0.2, 0.25) is 11.8 Å². The number of hydrogen-bond acceptors (Lipinski definition) is 3. The lowest BCUT2D eigenvalue weighted by atomic mass is 9.99. The van der Waals surface area contributed by atoms with Gasteiger partial charge in [-0.3, -0.25) is 14.4 Å². The molecule has 0 aromatic heterocycles. The van der Waals surface area contributed by atoms with Gasteiger partial charge in [-0.1, -0.05) is 13.3 Å². The Morgan fingerprint density at radius 1 is 1.25 bits per heavy atom. The molecule has 2 amide bonds. The van der Waals surface area contributed by atoms with Crippen molar-refractivity contribution in [3.8, 4) is 0 Å². The maximum atomic E-state index is 12.2. The van der Waals surface area contributed by atoms with Crippen LogP contribution < -0.4 is 0 Å². The molecule has 2 heterocycles. The number of carboxylic acids is 1. The van der Waals surface area contributed by atoms with Crippen molar-refractivity contribution < 1.29 is 19.5 Å². The Labute approximate surface area is 118 Å². The minimum Gasteiger partial charge on any atom is -0.481 e. The molecule has 2 fully saturated rings. The summed E-state index contributed by atoms with van der Waals surface area (Å²) in [5, 5.41) is 9.08. The summed E-state index contributed by atoms with van der Waals surface area (Å²) in [6.07, 6.45) is 3.37. The molecule has 2 aliphatic heterocycles. The van der Waals surface area contributed by atoms with Crippen molar-refractivity contribution in [2.45, 2.75) is 32.6 Å². The first-order valence-corrected chi connectivity index (χ1v) is 7.27. The molecule has 2 saturated heterocycles. The van der Waals surface area contributed by atoms with Gasteiger partial charge >= 0.3 is 5.97 Å². The van der Waals surface area contributed by atoms with Crippen molar-refractivity contribution >= 4 is 17.8 Å². The second-order valence-corrected chi connectivity index (χ2v) is 5.85. The highest BCUT2D eigenvalue weighted by molar-refractivity contribution is 5.85. The van der Waals surface area contributed by atoms with E-state index in [0.29, 0.717) is 19.5 Å². The summed E-state index contributed by atoms with van der Waals surface area (Å²) >= 11 is 0. The van der Waals surface area contributed by atoms with E-state index < -0.39 is 11.9 Å². The molecule has 6 heteroatoms. The van der Waals surface area contributed by atoms with Crippen molar-refractivity contribution in [1.82, 2.24) is 9.80 Å². The Hall–Kier alpha value is -1.59. The van der Waals surface area contributed by atoms with E-state index in [4.69, 9.17) is 5.11 Å². The number of amides is 2. The van der Waals surface area contributed by atoms with Crippen LogP contribution in [0.3, 0.4) is 0 Å². The van der Waals surface area contributed by atoms with Crippen LogP contribution in [-0.2, 0) is 14.4 Å². The van der Waals surface area contributed by atoms with E-state index in [1.807, 2.05) is 6.92 Å². The fraction of sp³-hybridized carbons (Fsp3) is 0.786. The zero-order valence-electron chi connectivity index (χ0n) is 11.9. The van der Waals surface area contributed by atoms with Gasteiger partial charge in [0.15, 0.2) is 0 Å². The fourth-order valence-electron chi connectivity index (χ4n) is 2.96. The predicted octanol–water partition coefficient (Wildman–Crippen LogP) is 0.568. The molecule has 112 valence electrons. The molecule has 0 aromatic rings. The number of aliphatic carboxylic acids is 1. The van der Waals surface area contributed by atoms with Gasteiger partial charge in [-0.15, -0.1) is 0 Å².